The smallest absolute Gasteiger partial charge is 0.167 e. The molecule has 1 nitrogen and oxygen atoms in total. The van der Waals surface area contributed by atoms with Gasteiger partial charge in [0.15, 0.2) is 4.45 Å². The Hall–Kier alpha value is 0.180. The molecule has 0 atom stereocenters. The number of hydrogen-bond donors (Lipinski definition) is 1. The Morgan fingerprint density at radius 2 is 1.90 bits per heavy atom. The fourth-order valence-electron chi connectivity index (χ4n) is 1.41. The van der Waals surface area contributed by atoms with Crippen LogP contribution in [0.1, 0.15) is 32.1 Å². The van der Waals surface area contributed by atoms with E-state index in [1.807, 2.05) is 0 Å². The van der Waals surface area contributed by atoms with Crippen LogP contribution < -0.4 is 5.32 Å². The van der Waals surface area contributed by atoms with Crippen LogP contribution in [-0.2, 0) is 0 Å². The van der Waals surface area contributed by atoms with Crippen LogP contribution in [0.25, 0.3) is 0 Å². The third-order valence-electron chi connectivity index (χ3n) is 1.92. The highest BCUT2D eigenvalue weighted by molar-refractivity contribution is 7.83. The van der Waals surface area contributed by atoms with Gasteiger partial charge in [-0.2, -0.15) is 0 Å². The lowest BCUT2D eigenvalue weighted by molar-refractivity contribution is 0.416. The molecule has 0 amide bonds. The minimum absolute atomic E-state index is 0.423. The van der Waals surface area contributed by atoms with E-state index in [4.69, 9.17) is 23.8 Å². The van der Waals surface area contributed by atoms with Crippen molar-refractivity contribution in [2.24, 2.45) is 0 Å². The maximum absolute atomic E-state index is 5.53. The van der Waals surface area contributed by atoms with E-state index in [-0.39, 0.29) is 0 Å². The van der Waals surface area contributed by atoms with E-state index in [1.54, 1.807) is 0 Å². The van der Waals surface area contributed by atoms with Gasteiger partial charge in [0.1, 0.15) is 0 Å². The zero-order valence-corrected chi connectivity index (χ0v) is 7.47. The molecule has 0 radical (unpaired) electrons. The molecule has 1 fully saturated rings. The van der Waals surface area contributed by atoms with Crippen LogP contribution in [0, 0.1) is 0 Å². The molecular formula is C7H12ClNS. The second kappa shape index (κ2) is 4.14. The van der Waals surface area contributed by atoms with Gasteiger partial charge in [-0.1, -0.05) is 30.9 Å². The zero-order chi connectivity index (χ0) is 7.40. The van der Waals surface area contributed by atoms with Crippen LogP contribution in [0.3, 0.4) is 0 Å². The number of hydrogen-bond acceptors (Lipinski definition) is 1. The van der Waals surface area contributed by atoms with Crippen molar-refractivity contribution in [2.75, 3.05) is 0 Å². The summed E-state index contributed by atoms with van der Waals surface area (Å²) in [6.45, 7) is 0. The van der Waals surface area contributed by atoms with Crippen molar-refractivity contribution in [3.8, 4) is 0 Å². The first-order valence-corrected chi connectivity index (χ1v) is 4.53. The predicted octanol–water partition coefficient (Wildman–Crippen LogP) is 2.43. The largest absolute Gasteiger partial charge is 0.364 e. The molecule has 3 heteroatoms. The molecule has 0 bridgehead atoms. The van der Waals surface area contributed by atoms with Crippen LogP contribution in [0.4, 0.5) is 0 Å². The highest BCUT2D eigenvalue weighted by Crippen LogP contribution is 2.17. The fraction of sp³-hybridized carbons (Fsp3) is 0.857. The van der Waals surface area contributed by atoms with E-state index in [1.165, 1.54) is 32.1 Å². The Labute approximate surface area is 72.1 Å². The van der Waals surface area contributed by atoms with Crippen molar-refractivity contribution in [2.45, 2.75) is 38.1 Å². The van der Waals surface area contributed by atoms with Crippen molar-refractivity contribution in [3.63, 3.8) is 0 Å². The summed E-state index contributed by atoms with van der Waals surface area (Å²) in [5.74, 6) is 0. The summed E-state index contributed by atoms with van der Waals surface area (Å²) in [6, 6.07) is 0.554. The average molecular weight is 178 g/mol. The summed E-state index contributed by atoms with van der Waals surface area (Å²) in [4.78, 5) is 0. The average Bonchev–Trinajstić information content (AvgIpc) is 1.88. The lowest BCUT2D eigenvalue weighted by Gasteiger charge is -2.22. The summed E-state index contributed by atoms with van der Waals surface area (Å²) in [5.41, 5.74) is 0. The van der Waals surface area contributed by atoms with Crippen LogP contribution in [0.2, 0.25) is 0 Å². The molecule has 58 valence electrons. The fourth-order valence-corrected chi connectivity index (χ4v) is 1.73. The van der Waals surface area contributed by atoms with Crippen molar-refractivity contribution in [3.05, 3.63) is 0 Å². The van der Waals surface area contributed by atoms with Crippen LogP contribution in [-0.4, -0.2) is 10.5 Å². The molecule has 0 aromatic carbocycles. The van der Waals surface area contributed by atoms with Gasteiger partial charge < -0.3 is 5.32 Å². The summed E-state index contributed by atoms with van der Waals surface area (Å²) < 4.78 is 0.423. The molecule has 0 saturated heterocycles. The van der Waals surface area contributed by atoms with E-state index in [0.717, 1.165) is 0 Å². The first kappa shape index (κ1) is 8.28. The summed E-state index contributed by atoms with van der Waals surface area (Å²) in [5, 5.41) is 3.08. The molecule has 0 aromatic rings. The molecule has 1 aliphatic rings. The Bertz CT molecular complexity index is 121. The SMILES string of the molecule is S=C(Cl)NC1CCCCC1. The number of nitrogens with one attached hydrogen (secondary N) is 1. The minimum atomic E-state index is 0.423. The first-order valence-electron chi connectivity index (χ1n) is 3.75. The second-order valence-electron chi connectivity index (χ2n) is 2.75. The third-order valence-corrected chi connectivity index (χ3v) is 2.15. The second-order valence-corrected chi connectivity index (χ2v) is 3.76. The van der Waals surface area contributed by atoms with Crippen molar-refractivity contribution in [1.29, 1.82) is 0 Å². The van der Waals surface area contributed by atoms with E-state index in [0.29, 0.717) is 10.5 Å². The highest BCUT2D eigenvalue weighted by atomic mass is 35.5. The van der Waals surface area contributed by atoms with Gasteiger partial charge in [0.05, 0.1) is 0 Å². The molecular weight excluding hydrogens is 166 g/mol. The predicted molar refractivity (Wildman–Crippen MR) is 48.5 cm³/mol. The first-order chi connectivity index (χ1) is 4.79. The normalized spacial score (nSPS) is 20.5. The molecule has 0 spiro atoms. The molecule has 1 rings (SSSR count). The van der Waals surface area contributed by atoms with Crippen LogP contribution >= 0.6 is 23.8 Å². The maximum atomic E-state index is 5.53. The molecule has 1 aliphatic carbocycles. The molecule has 1 saturated carbocycles. The van der Waals surface area contributed by atoms with Crippen LogP contribution in [0.5, 0.6) is 0 Å². The van der Waals surface area contributed by atoms with Gasteiger partial charge in [0.25, 0.3) is 0 Å². The lowest BCUT2D eigenvalue weighted by atomic mass is 9.96. The number of rotatable bonds is 1. The van der Waals surface area contributed by atoms with Gasteiger partial charge in [-0.15, -0.1) is 0 Å². The topological polar surface area (TPSA) is 12.0 Å². The Balaban J connectivity index is 2.19. The van der Waals surface area contributed by atoms with Gasteiger partial charge in [0.2, 0.25) is 0 Å². The van der Waals surface area contributed by atoms with Crippen molar-refractivity contribution < 1.29 is 0 Å². The molecule has 10 heavy (non-hydrogen) atoms. The third kappa shape index (κ3) is 2.84. The van der Waals surface area contributed by atoms with Crippen LogP contribution in [0.15, 0.2) is 0 Å². The molecule has 0 aliphatic heterocycles. The molecule has 0 heterocycles. The summed E-state index contributed by atoms with van der Waals surface area (Å²) >= 11 is 10.3. The quantitative estimate of drug-likeness (QED) is 0.375. The minimum Gasteiger partial charge on any atom is -0.364 e. The number of thiocarbonyl (C=S) groups is 1. The maximum Gasteiger partial charge on any atom is 0.167 e. The van der Waals surface area contributed by atoms with E-state index in [9.17, 15) is 0 Å². The van der Waals surface area contributed by atoms with Gasteiger partial charge in [-0.3, -0.25) is 0 Å². The molecule has 1 N–H and O–H groups in total. The van der Waals surface area contributed by atoms with E-state index in [2.05, 4.69) is 5.32 Å². The highest BCUT2D eigenvalue weighted by Gasteiger charge is 2.12. The Kier molecular flexibility index (Phi) is 3.43. The summed E-state index contributed by atoms with van der Waals surface area (Å²) in [7, 11) is 0. The standard InChI is InChI=1S/C7H12ClNS/c8-7(10)9-6-4-2-1-3-5-6/h6H,1-5H2,(H,9,10). The van der Waals surface area contributed by atoms with Gasteiger partial charge >= 0.3 is 0 Å². The number of halogens is 1. The summed E-state index contributed by atoms with van der Waals surface area (Å²) in [6.07, 6.45) is 6.46. The van der Waals surface area contributed by atoms with Gasteiger partial charge in [-0.25, -0.2) is 0 Å². The van der Waals surface area contributed by atoms with Gasteiger partial charge in [-0.05, 0) is 25.1 Å². The van der Waals surface area contributed by atoms with E-state index < -0.39 is 0 Å². The monoisotopic (exact) mass is 177 g/mol. The van der Waals surface area contributed by atoms with Crippen molar-refractivity contribution >= 4 is 28.3 Å². The Morgan fingerprint density at radius 1 is 1.30 bits per heavy atom. The lowest BCUT2D eigenvalue weighted by Crippen LogP contribution is -2.32. The van der Waals surface area contributed by atoms with Gasteiger partial charge in [0, 0.05) is 6.04 Å². The zero-order valence-electron chi connectivity index (χ0n) is 5.90. The Morgan fingerprint density at radius 3 is 2.40 bits per heavy atom. The molecule has 0 aromatic heterocycles. The molecule has 0 unspecified atom stereocenters. The van der Waals surface area contributed by atoms with Crippen molar-refractivity contribution in [1.82, 2.24) is 5.32 Å². The van der Waals surface area contributed by atoms with E-state index >= 15 is 0 Å².